The molecule has 0 atom stereocenters. The minimum absolute atomic E-state index is 0.0181. The molecule has 138 valence electrons. The number of amides is 1. The van der Waals surface area contributed by atoms with Crippen LogP contribution in [0.5, 0.6) is 0 Å². The molecule has 3 aromatic carbocycles. The van der Waals surface area contributed by atoms with Gasteiger partial charge in [0.15, 0.2) is 5.58 Å². The molecule has 4 aromatic rings. The van der Waals surface area contributed by atoms with E-state index in [9.17, 15) is 14.9 Å². The second-order valence-corrected chi connectivity index (χ2v) is 6.26. The van der Waals surface area contributed by atoms with Gasteiger partial charge in [-0.3, -0.25) is 14.9 Å². The number of aromatic nitrogens is 1. The molecule has 7 nitrogen and oxygen atoms in total. The molecule has 1 heterocycles. The van der Waals surface area contributed by atoms with Crippen molar-refractivity contribution < 1.29 is 14.1 Å². The van der Waals surface area contributed by atoms with E-state index in [0.29, 0.717) is 22.7 Å². The van der Waals surface area contributed by atoms with E-state index in [4.69, 9.17) is 4.42 Å². The summed E-state index contributed by atoms with van der Waals surface area (Å²) in [5.41, 5.74) is 3.18. The first kappa shape index (κ1) is 17.4. The van der Waals surface area contributed by atoms with Gasteiger partial charge >= 0.3 is 0 Å². The molecule has 1 amide bonds. The van der Waals surface area contributed by atoms with Crippen LogP contribution in [0.25, 0.3) is 22.6 Å². The number of oxazole rings is 1. The van der Waals surface area contributed by atoms with Crippen LogP contribution in [0.15, 0.2) is 71.1 Å². The highest BCUT2D eigenvalue weighted by Crippen LogP contribution is 2.31. The zero-order valence-corrected chi connectivity index (χ0v) is 14.9. The second kappa shape index (κ2) is 6.96. The molecule has 4 rings (SSSR count). The van der Waals surface area contributed by atoms with E-state index in [-0.39, 0.29) is 11.3 Å². The van der Waals surface area contributed by atoms with Gasteiger partial charge in [-0.15, -0.1) is 0 Å². The Bertz CT molecular complexity index is 1210. The molecule has 0 bridgehead atoms. The number of benzene rings is 3. The van der Waals surface area contributed by atoms with Gasteiger partial charge in [-0.2, -0.15) is 0 Å². The summed E-state index contributed by atoms with van der Waals surface area (Å²) in [7, 11) is 0. The molecular formula is C21H15N3O4. The second-order valence-electron chi connectivity index (χ2n) is 6.26. The highest BCUT2D eigenvalue weighted by molar-refractivity contribution is 6.08. The molecule has 0 fully saturated rings. The van der Waals surface area contributed by atoms with Crippen molar-refractivity contribution in [2.24, 2.45) is 0 Å². The molecule has 0 saturated carbocycles. The number of fused-ring (bicyclic) bond motifs is 1. The van der Waals surface area contributed by atoms with E-state index in [1.165, 1.54) is 18.2 Å². The fourth-order valence-electron chi connectivity index (χ4n) is 2.95. The van der Waals surface area contributed by atoms with Gasteiger partial charge in [0.2, 0.25) is 5.89 Å². The molecule has 1 aromatic heterocycles. The molecule has 0 spiro atoms. The van der Waals surface area contributed by atoms with E-state index in [0.717, 1.165) is 11.1 Å². The smallest absolute Gasteiger partial charge is 0.282 e. The number of anilines is 1. The number of para-hydroxylation sites is 2. The van der Waals surface area contributed by atoms with Gasteiger partial charge in [0.05, 0.1) is 16.2 Å². The maximum atomic E-state index is 12.7. The van der Waals surface area contributed by atoms with Crippen LogP contribution in [0.3, 0.4) is 0 Å². The lowest BCUT2D eigenvalue weighted by atomic mass is 10.1. The van der Waals surface area contributed by atoms with Crippen molar-refractivity contribution in [3.63, 3.8) is 0 Å². The van der Waals surface area contributed by atoms with Crippen molar-refractivity contribution in [3.8, 4) is 11.5 Å². The first-order valence-corrected chi connectivity index (χ1v) is 8.54. The highest BCUT2D eigenvalue weighted by atomic mass is 16.6. The van der Waals surface area contributed by atoms with Crippen LogP contribution in [-0.4, -0.2) is 15.8 Å². The Kier molecular flexibility index (Phi) is 4.33. The van der Waals surface area contributed by atoms with Gasteiger partial charge in [0, 0.05) is 6.07 Å². The predicted molar refractivity (Wildman–Crippen MR) is 105 cm³/mol. The Morgan fingerprint density at radius 2 is 1.82 bits per heavy atom. The number of hydrogen-bond acceptors (Lipinski definition) is 5. The van der Waals surface area contributed by atoms with Gasteiger partial charge in [-0.1, -0.05) is 30.3 Å². The summed E-state index contributed by atoms with van der Waals surface area (Å²) in [6.07, 6.45) is 0. The minimum Gasteiger partial charge on any atom is -0.436 e. The lowest BCUT2D eigenvalue weighted by Gasteiger charge is -2.09. The average Bonchev–Trinajstić information content (AvgIpc) is 3.11. The highest BCUT2D eigenvalue weighted by Gasteiger charge is 2.21. The number of carbonyl (C=O) groups is 1. The molecule has 0 unspecified atom stereocenters. The van der Waals surface area contributed by atoms with Crippen LogP contribution in [0.1, 0.15) is 15.9 Å². The summed E-state index contributed by atoms with van der Waals surface area (Å²) in [5.74, 6) is -0.217. The first-order chi connectivity index (χ1) is 13.5. The molecule has 1 N–H and O–H groups in total. The quantitative estimate of drug-likeness (QED) is 0.402. The van der Waals surface area contributed by atoms with Crippen LogP contribution in [0.2, 0.25) is 0 Å². The summed E-state index contributed by atoms with van der Waals surface area (Å²) in [6.45, 7) is 1.97. The van der Waals surface area contributed by atoms with E-state index in [1.807, 2.05) is 25.1 Å². The summed E-state index contributed by atoms with van der Waals surface area (Å²) in [6, 6.07) is 18.5. The standard InChI is InChI=1S/C21H15N3O4/c1-13-10-11-19-17(12-13)23-21(28-19)14-6-2-4-8-16(14)22-20(25)15-7-3-5-9-18(15)24(26)27/h2-12H,1H3,(H,22,25). The number of hydrogen-bond donors (Lipinski definition) is 1. The van der Waals surface area contributed by atoms with E-state index >= 15 is 0 Å². The summed E-state index contributed by atoms with van der Waals surface area (Å²) < 4.78 is 5.83. The van der Waals surface area contributed by atoms with Crippen LogP contribution >= 0.6 is 0 Å². The molecule has 0 aliphatic carbocycles. The van der Waals surface area contributed by atoms with Crippen LogP contribution < -0.4 is 5.32 Å². The molecular weight excluding hydrogens is 358 g/mol. The maximum absolute atomic E-state index is 12.7. The van der Waals surface area contributed by atoms with Crippen molar-refractivity contribution in [1.29, 1.82) is 0 Å². The third-order valence-electron chi connectivity index (χ3n) is 4.29. The predicted octanol–water partition coefficient (Wildman–Crippen LogP) is 4.96. The third kappa shape index (κ3) is 3.21. The zero-order valence-electron chi connectivity index (χ0n) is 14.9. The van der Waals surface area contributed by atoms with Gasteiger partial charge in [-0.25, -0.2) is 4.98 Å². The van der Waals surface area contributed by atoms with Gasteiger partial charge in [0.25, 0.3) is 11.6 Å². The van der Waals surface area contributed by atoms with E-state index < -0.39 is 10.8 Å². The number of nitrogens with zero attached hydrogens (tertiary/aromatic N) is 2. The van der Waals surface area contributed by atoms with Crippen LogP contribution in [0.4, 0.5) is 11.4 Å². The van der Waals surface area contributed by atoms with Crippen LogP contribution in [0, 0.1) is 17.0 Å². The molecule has 0 aliphatic heterocycles. The van der Waals surface area contributed by atoms with Crippen molar-refractivity contribution in [3.05, 3.63) is 88.0 Å². The minimum atomic E-state index is -0.579. The zero-order chi connectivity index (χ0) is 19.7. The van der Waals surface area contributed by atoms with Gasteiger partial charge < -0.3 is 9.73 Å². The number of rotatable bonds is 4. The average molecular weight is 373 g/mol. The van der Waals surface area contributed by atoms with Crippen molar-refractivity contribution in [2.75, 3.05) is 5.32 Å². The molecule has 0 aliphatic rings. The third-order valence-corrected chi connectivity index (χ3v) is 4.29. The molecule has 7 heteroatoms. The first-order valence-electron chi connectivity index (χ1n) is 8.54. The maximum Gasteiger partial charge on any atom is 0.282 e. The Balaban J connectivity index is 1.72. The van der Waals surface area contributed by atoms with Crippen LogP contribution in [-0.2, 0) is 0 Å². The van der Waals surface area contributed by atoms with Crippen molar-refractivity contribution in [2.45, 2.75) is 6.92 Å². The van der Waals surface area contributed by atoms with Gasteiger partial charge in [-0.05, 0) is 42.8 Å². The lowest BCUT2D eigenvalue weighted by Crippen LogP contribution is -2.14. The summed E-state index contributed by atoms with van der Waals surface area (Å²) in [4.78, 5) is 27.8. The van der Waals surface area contributed by atoms with E-state index in [1.54, 1.807) is 30.3 Å². The number of carbonyl (C=O) groups excluding carboxylic acids is 1. The Morgan fingerprint density at radius 3 is 2.64 bits per heavy atom. The summed E-state index contributed by atoms with van der Waals surface area (Å²) >= 11 is 0. The number of nitro groups is 1. The van der Waals surface area contributed by atoms with Crippen molar-refractivity contribution in [1.82, 2.24) is 4.98 Å². The van der Waals surface area contributed by atoms with E-state index in [2.05, 4.69) is 10.3 Å². The fraction of sp³-hybridized carbons (Fsp3) is 0.0476. The lowest BCUT2D eigenvalue weighted by molar-refractivity contribution is -0.385. The Labute approximate surface area is 159 Å². The van der Waals surface area contributed by atoms with Gasteiger partial charge in [0.1, 0.15) is 11.1 Å². The number of nitro benzene ring substituents is 1. The SMILES string of the molecule is Cc1ccc2oc(-c3ccccc3NC(=O)c3ccccc3[N+](=O)[O-])nc2c1. The largest absolute Gasteiger partial charge is 0.436 e. The molecule has 28 heavy (non-hydrogen) atoms. The number of nitrogens with one attached hydrogen (secondary N) is 1. The Hall–Kier alpha value is -4.00. The monoisotopic (exact) mass is 373 g/mol. The van der Waals surface area contributed by atoms with Crippen molar-refractivity contribution >= 4 is 28.4 Å². The number of aryl methyl sites for hydroxylation is 1. The Morgan fingerprint density at radius 1 is 1.07 bits per heavy atom. The fourth-order valence-corrected chi connectivity index (χ4v) is 2.95. The summed E-state index contributed by atoms with van der Waals surface area (Å²) in [5, 5.41) is 13.9. The normalized spacial score (nSPS) is 10.8. The molecule has 0 radical (unpaired) electrons. The topological polar surface area (TPSA) is 98.3 Å². The molecule has 0 saturated heterocycles.